The zero-order valence-corrected chi connectivity index (χ0v) is 12.3. The molecule has 2 aliphatic rings. The lowest BCUT2D eigenvalue weighted by atomic mass is 9.92. The molecule has 1 N–H and O–H groups in total. The fourth-order valence-electron chi connectivity index (χ4n) is 3.23. The van der Waals surface area contributed by atoms with E-state index in [4.69, 9.17) is 4.74 Å². The van der Waals surface area contributed by atoms with Crippen molar-refractivity contribution in [3.63, 3.8) is 0 Å². The number of fused-ring (bicyclic) bond motifs is 1. The van der Waals surface area contributed by atoms with Crippen LogP contribution in [0.1, 0.15) is 18.4 Å². The maximum absolute atomic E-state index is 5.19. The van der Waals surface area contributed by atoms with Crippen LogP contribution in [-0.2, 0) is 6.54 Å². The minimum atomic E-state index is 0. The van der Waals surface area contributed by atoms with Crippen molar-refractivity contribution in [2.45, 2.75) is 25.4 Å². The van der Waals surface area contributed by atoms with E-state index in [0.717, 1.165) is 24.3 Å². The summed E-state index contributed by atoms with van der Waals surface area (Å²) in [5, 5.41) is 3.63. The van der Waals surface area contributed by atoms with Gasteiger partial charge < -0.3 is 10.1 Å². The van der Waals surface area contributed by atoms with Crippen LogP contribution >= 0.6 is 12.4 Å². The smallest absolute Gasteiger partial charge is 0.118 e. The molecule has 106 valence electrons. The number of benzene rings is 1. The lowest BCUT2D eigenvalue weighted by Gasteiger charge is -2.34. The molecule has 2 heterocycles. The molecule has 0 radical (unpaired) electrons. The second-order valence-electron chi connectivity index (χ2n) is 5.48. The Balaban J connectivity index is 0.00000133. The Morgan fingerprint density at radius 1 is 1.26 bits per heavy atom. The molecule has 0 amide bonds. The summed E-state index contributed by atoms with van der Waals surface area (Å²) < 4.78 is 5.19. The summed E-state index contributed by atoms with van der Waals surface area (Å²) >= 11 is 0. The Hall–Kier alpha value is -0.770. The molecule has 1 aromatic carbocycles. The lowest BCUT2D eigenvalue weighted by Crippen LogP contribution is -2.45. The number of rotatable bonds is 3. The van der Waals surface area contributed by atoms with Gasteiger partial charge in [0, 0.05) is 19.1 Å². The van der Waals surface area contributed by atoms with Gasteiger partial charge in [0.2, 0.25) is 0 Å². The van der Waals surface area contributed by atoms with Crippen molar-refractivity contribution in [2.75, 3.05) is 26.7 Å². The summed E-state index contributed by atoms with van der Waals surface area (Å²) in [5.41, 5.74) is 1.38. The quantitative estimate of drug-likeness (QED) is 0.921. The summed E-state index contributed by atoms with van der Waals surface area (Å²) in [7, 11) is 1.71. The predicted octanol–water partition coefficient (Wildman–Crippen LogP) is 2.30. The average Bonchev–Trinajstić information content (AvgIpc) is 2.87. The zero-order valence-electron chi connectivity index (χ0n) is 11.5. The van der Waals surface area contributed by atoms with Crippen LogP contribution in [0.4, 0.5) is 0 Å². The number of methoxy groups -OCH3 is 1. The third kappa shape index (κ3) is 3.41. The van der Waals surface area contributed by atoms with E-state index < -0.39 is 0 Å². The van der Waals surface area contributed by atoms with E-state index in [-0.39, 0.29) is 12.4 Å². The number of nitrogens with one attached hydrogen (secondary N) is 1. The van der Waals surface area contributed by atoms with Crippen molar-refractivity contribution in [2.24, 2.45) is 5.92 Å². The molecular weight excluding hydrogens is 260 g/mol. The Morgan fingerprint density at radius 3 is 2.79 bits per heavy atom. The zero-order chi connectivity index (χ0) is 12.4. The summed E-state index contributed by atoms with van der Waals surface area (Å²) in [4.78, 5) is 2.57. The molecule has 0 aromatic heterocycles. The van der Waals surface area contributed by atoms with Gasteiger partial charge >= 0.3 is 0 Å². The van der Waals surface area contributed by atoms with Gasteiger partial charge in [-0.25, -0.2) is 0 Å². The van der Waals surface area contributed by atoms with Crippen LogP contribution in [0.3, 0.4) is 0 Å². The van der Waals surface area contributed by atoms with Crippen LogP contribution < -0.4 is 10.1 Å². The fraction of sp³-hybridized carbons (Fsp3) is 0.600. The Morgan fingerprint density at radius 2 is 2.05 bits per heavy atom. The van der Waals surface area contributed by atoms with E-state index >= 15 is 0 Å². The van der Waals surface area contributed by atoms with Crippen LogP contribution in [0.5, 0.6) is 5.75 Å². The Labute approximate surface area is 121 Å². The van der Waals surface area contributed by atoms with Crippen LogP contribution in [-0.4, -0.2) is 37.7 Å². The van der Waals surface area contributed by atoms with E-state index in [1.165, 1.54) is 38.0 Å². The predicted molar refractivity (Wildman–Crippen MR) is 80.0 cm³/mol. The minimum Gasteiger partial charge on any atom is -0.497 e. The van der Waals surface area contributed by atoms with Crippen molar-refractivity contribution in [1.29, 1.82) is 0 Å². The molecule has 2 aliphatic heterocycles. The third-order valence-electron chi connectivity index (χ3n) is 4.33. The molecule has 0 saturated carbocycles. The Kier molecular flexibility index (Phi) is 5.08. The lowest BCUT2D eigenvalue weighted by molar-refractivity contribution is 0.159. The first-order chi connectivity index (χ1) is 8.85. The molecule has 2 saturated heterocycles. The first-order valence-corrected chi connectivity index (χ1v) is 6.94. The second kappa shape index (κ2) is 6.60. The summed E-state index contributed by atoms with van der Waals surface area (Å²) in [6, 6.07) is 9.18. The molecule has 2 atom stereocenters. The van der Waals surface area contributed by atoms with Gasteiger partial charge in [0.15, 0.2) is 0 Å². The topological polar surface area (TPSA) is 24.5 Å². The monoisotopic (exact) mass is 282 g/mol. The number of likely N-dealkylation sites (tertiary alicyclic amines) is 1. The fourth-order valence-corrected chi connectivity index (χ4v) is 3.23. The van der Waals surface area contributed by atoms with Gasteiger partial charge in [0.05, 0.1) is 7.11 Å². The van der Waals surface area contributed by atoms with Gasteiger partial charge in [-0.3, -0.25) is 4.90 Å². The standard InChI is InChI=1S/C15H22N2O.ClH/c1-18-14-4-2-12(3-5-14)10-17-9-7-13-6-8-16-15(13)11-17;/h2-5,13,15-16H,6-11H2,1H3;1H/t13-,15+;/m1./s1. The molecule has 0 aliphatic carbocycles. The van der Waals surface area contributed by atoms with Crippen molar-refractivity contribution in [1.82, 2.24) is 10.2 Å². The molecule has 0 bridgehead atoms. The highest BCUT2D eigenvalue weighted by Crippen LogP contribution is 2.26. The number of hydrogen-bond acceptors (Lipinski definition) is 3. The molecule has 0 unspecified atom stereocenters. The summed E-state index contributed by atoms with van der Waals surface area (Å²) in [6.07, 6.45) is 2.73. The maximum atomic E-state index is 5.19. The van der Waals surface area contributed by atoms with Gasteiger partial charge in [-0.05, 0) is 49.5 Å². The SMILES string of the molecule is COc1ccc(CN2CC[C@H]3CCN[C@H]3C2)cc1.Cl. The van der Waals surface area contributed by atoms with Gasteiger partial charge in [0.1, 0.15) is 5.75 Å². The van der Waals surface area contributed by atoms with E-state index in [1.807, 2.05) is 0 Å². The molecule has 2 fully saturated rings. The van der Waals surface area contributed by atoms with Gasteiger partial charge in [-0.15, -0.1) is 12.4 Å². The molecule has 0 spiro atoms. The van der Waals surface area contributed by atoms with Crippen LogP contribution in [0.15, 0.2) is 24.3 Å². The molecule has 4 heteroatoms. The summed E-state index contributed by atoms with van der Waals surface area (Å²) in [5.74, 6) is 1.87. The van der Waals surface area contributed by atoms with E-state index in [0.29, 0.717) is 0 Å². The van der Waals surface area contributed by atoms with Crippen molar-refractivity contribution < 1.29 is 4.74 Å². The van der Waals surface area contributed by atoms with Gasteiger partial charge in [-0.2, -0.15) is 0 Å². The molecule has 3 nitrogen and oxygen atoms in total. The first-order valence-electron chi connectivity index (χ1n) is 6.94. The minimum absolute atomic E-state index is 0. The molecule has 1 aromatic rings. The Bertz CT molecular complexity index is 396. The highest BCUT2D eigenvalue weighted by molar-refractivity contribution is 5.85. The van der Waals surface area contributed by atoms with Crippen molar-refractivity contribution in [3.8, 4) is 5.75 Å². The second-order valence-corrected chi connectivity index (χ2v) is 5.48. The number of hydrogen-bond donors (Lipinski definition) is 1. The molecule has 3 rings (SSSR count). The highest BCUT2D eigenvalue weighted by atomic mass is 35.5. The maximum Gasteiger partial charge on any atom is 0.118 e. The van der Waals surface area contributed by atoms with Crippen molar-refractivity contribution in [3.05, 3.63) is 29.8 Å². The number of ether oxygens (including phenoxy) is 1. The van der Waals surface area contributed by atoms with Crippen molar-refractivity contribution >= 4 is 12.4 Å². The van der Waals surface area contributed by atoms with Crippen LogP contribution in [0.25, 0.3) is 0 Å². The number of nitrogens with zero attached hydrogens (tertiary/aromatic N) is 1. The van der Waals surface area contributed by atoms with E-state index in [2.05, 4.69) is 34.5 Å². The van der Waals surface area contributed by atoms with E-state index in [9.17, 15) is 0 Å². The largest absolute Gasteiger partial charge is 0.497 e. The van der Waals surface area contributed by atoms with Gasteiger partial charge in [0.25, 0.3) is 0 Å². The average molecular weight is 283 g/mol. The molecular formula is C15H23ClN2O. The number of piperidine rings is 1. The van der Waals surface area contributed by atoms with Crippen LogP contribution in [0.2, 0.25) is 0 Å². The normalized spacial score (nSPS) is 26.6. The number of halogens is 1. The van der Waals surface area contributed by atoms with E-state index in [1.54, 1.807) is 7.11 Å². The first kappa shape index (κ1) is 14.6. The van der Waals surface area contributed by atoms with Gasteiger partial charge in [-0.1, -0.05) is 12.1 Å². The summed E-state index contributed by atoms with van der Waals surface area (Å²) in [6.45, 7) is 4.73. The van der Waals surface area contributed by atoms with Crippen LogP contribution in [0, 0.1) is 5.92 Å². The molecule has 19 heavy (non-hydrogen) atoms. The highest BCUT2D eigenvalue weighted by Gasteiger charge is 2.32. The third-order valence-corrected chi connectivity index (χ3v) is 4.33.